The number of carbonyl (C=O) groups is 3. The Labute approximate surface area is 139 Å². The van der Waals surface area contributed by atoms with Crippen LogP contribution in [0.15, 0.2) is 34.9 Å². The summed E-state index contributed by atoms with van der Waals surface area (Å²) in [5.74, 6) is -0.0126. The number of ketones is 1. The molecule has 0 aliphatic carbocycles. The van der Waals surface area contributed by atoms with Gasteiger partial charge < -0.3 is 15.2 Å². The fourth-order valence-electron chi connectivity index (χ4n) is 1.99. The predicted molar refractivity (Wildman–Crippen MR) is 87.6 cm³/mol. The van der Waals surface area contributed by atoms with Crippen LogP contribution in [-0.4, -0.2) is 29.3 Å². The van der Waals surface area contributed by atoms with Crippen LogP contribution < -0.4 is 10.6 Å². The summed E-state index contributed by atoms with van der Waals surface area (Å²) in [6, 6.07) is 8.75. The molecule has 7 heteroatoms. The van der Waals surface area contributed by atoms with Crippen LogP contribution in [0.3, 0.4) is 0 Å². The Bertz CT molecular complexity index is 735. The van der Waals surface area contributed by atoms with Crippen LogP contribution in [0.25, 0.3) is 0 Å². The minimum Gasteiger partial charge on any atom is -0.360 e. The molecule has 2 aromatic rings. The Morgan fingerprint density at radius 3 is 2.38 bits per heavy atom. The van der Waals surface area contributed by atoms with Crippen LogP contribution in [0.4, 0.5) is 5.82 Å². The number of aryl methyl sites for hydroxylation is 2. The van der Waals surface area contributed by atoms with Gasteiger partial charge in [-0.15, -0.1) is 0 Å². The first kappa shape index (κ1) is 17.4. The lowest BCUT2D eigenvalue weighted by molar-refractivity contribution is -0.124. The SMILES string of the molecule is Cc1ccc(C(=O)CCC(=O)NCC(=O)Nc2cc(C)on2)cc1. The highest BCUT2D eigenvalue weighted by molar-refractivity contribution is 5.98. The molecule has 0 spiro atoms. The van der Waals surface area contributed by atoms with Gasteiger partial charge in [-0.25, -0.2) is 0 Å². The molecule has 1 aromatic carbocycles. The summed E-state index contributed by atoms with van der Waals surface area (Å²) in [5, 5.41) is 8.57. The van der Waals surface area contributed by atoms with Crippen LogP contribution >= 0.6 is 0 Å². The largest absolute Gasteiger partial charge is 0.360 e. The fourth-order valence-corrected chi connectivity index (χ4v) is 1.99. The van der Waals surface area contributed by atoms with Crippen LogP contribution in [0, 0.1) is 13.8 Å². The van der Waals surface area contributed by atoms with E-state index < -0.39 is 5.91 Å². The molecule has 0 saturated heterocycles. The van der Waals surface area contributed by atoms with Crippen LogP contribution in [0.5, 0.6) is 0 Å². The molecule has 0 aliphatic heterocycles. The van der Waals surface area contributed by atoms with Gasteiger partial charge in [-0.3, -0.25) is 14.4 Å². The second kappa shape index (κ2) is 8.05. The van der Waals surface area contributed by atoms with Crippen LogP contribution in [-0.2, 0) is 9.59 Å². The first-order chi connectivity index (χ1) is 11.4. The van der Waals surface area contributed by atoms with E-state index in [1.807, 2.05) is 19.1 Å². The van der Waals surface area contributed by atoms with Crippen molar-refractivity contribution in [2.24, 2.45) is 0 Å². The highest BCUT2D eigenvalue weighted by Crippen LogP contribution is 2.08. The maximum atomic E-state index is 12.0. The normalized spacial score (nSPS) is 10.2. The summed E-state index contributed by atoms with van der Waals surface area (Å²) in [4.78, 5) is 35.3. The minimum atomic E-state index is -0.415. The highest BCUT2D eigenvalue weighted by Gasteiger charge is 2.11. The van der Waals surface area contributed by atoms with Crippen molar-refractivity contribution < 1.29 is 18.9 Å². The third-order valence-corrected chi connectivity index (χ3v) is 3.29. The third-order valence-electron chi connectivity index (χ3n) is 3.29. The van der Waals surface area contributed by atoms with Crippen molar-refractivity contribution in [3.63, 3.8) is 0 Å². The molecule has 7 nitrogen and oxygen atoms in total. The second-order valence-corrected chi connectivity index (χ2v) is 5.44. The van der Waals surface area contributed by atoms with Gasteiger partial charge in [-0.05, 0) is 13.8 Å². The quantitative estimate of drug-likeness (QED) is 0.757. The summed E-state index contributed by atoms with van der Waals surface area (Å²) in [5.41, 5.74) is 1.64. The third kappa shape index (κ3) is 5.35. The molecule has 0 saturated carbocycles. The molecular formula is C17H19N3O4. The molecule has 0 fully saturated rings. The number of nitrogens with zero attached hydrogens (tertiary/aromatic N) is 1. The lowest BCUT2D eigenvalue weighted by Crippen LogP contribution is -2.33. The number of hydrogen-bond donors (Lipinski definition) is 2. The van der Waals surface area contributed by atoms with E-state index in [9.17, 15) is 14.4 Å². The Morgan fingerprint density at radius 1 is 1.04 bits per heavy atom. The van der Waals surface area contributed by atoms with E-state index in [1.54, 1.807) is 25.1 Å². The van der Waals surface area contributed by atoms with Crippen molar-refractivity contribution in [2.45, 2.75) is 26.7 Å². The van der Waals surface area contributed by atoms with E-state index in [2.05, 4.69) is 15.8 Å². The smallest absolute Gasteiger partial charge is 0.245 e. The maximum absolute atomic E-state index is 12.0. The summed E-state index contributed by atoms with van der Waals surface area (Å²) >= 11 is 0. The molecule has 0 bridgehead atoms. The molecule has 2 amide bonds. The van der Waals surface area contributed by atoms with Crippen molar-refractivity contribution in [2.75, 3.05) is 11.9 Å². The van der Waals surface area contributed by atoms with Crippen molar-refractivity contribution in [1.29, 1.82) is 0 Å². The summed E-state index contributed by atoms with van der Waals surface area (Å²) < 4.78 is 4.82. The molecule has 2 N–H and O–H groups in total. The molecule has 0 atom stereocenters. The van der Waals surface area contributed by atoms with Gasteiger partial charge in [0.2, 0.25) is 11.8 Å². The van der Waals surface area contributed by atoms with Gasteiger partial charge in [0.1, 0.15) is 5.76 Å². The molecule has 0 unspecified atom stereocenters. The molecule has 24 heavy (non-hydrogen) atoms. The number of rotatable bonds is 7. The maximum Gasteiger partial charge on any atom is 0.245 e. The number of carbonyl (C=O) groups excluding carboxylic acids is 3. The van der Waals surface area contributed by atoms with E-state index in [1.165, 1.54) is 0 Å². The zero-order valence-corrected chi connectivity index (χ0v) is 13.6. The molecular weight excluding hydrogens is 310 g/mol. The van der Waals surface area contributed by atoms with E-state index in [-0.39, 0.29) is 31.1 Å². The first-order valence-corrected chi connectivity index (χ1v) is 7.54. The molecule has 1 aromatic heterocycles. The highest BCUT2D eigenvalue weighted by atomic mass is 16.5. The second-order valence-electron chi connectivity index (χ2n) is 5.44. The van der Waals surface area contributed by atoms with Crippen molar-refractivity contribution >= 4 is 23.4 Å². The zero-order valence-electron chi connectivity index (χ0n) is 13.6. The Morgan fingerprint density at radius 2 is 1.75 bits per heavy atom. The standard InChI is InChI=1S/C17H19N3O4/c1-11-3-5-13(6-4-11)14(21)7-8-16(22)18-10-17(23)19-15-9-12(2)24-20-15/h3-6,9H,7-8,10H2,1-2H3,(H,18,22)(H,19,20,23). The predicted octanol–water partition coefficient (Wildman–Crippen LogP) is 2.01. The average molecular weight is 329 g/mol. The van der Waals surface area contributed by atoms with Crippen LogP contribution in [0.1, 0.15) is 34.5 Å². The van der Waals surface area contributed by atoms with Gasteiger partial charge >= 0.3 is 0 Å². The molecule has 0 aliphatic rings. The lowest BCUT2D eigenvalue weighted by atomic mass is 10.1. The molecule has 0 radical (unpaired) electrons. The van der Waals surface area contributed by atoms with E-state index in [0.717, 1.165) is 5.56 Å². The Balaban J connectivity index is 1.70. The van der Waals surface area contributed by atoms with Crippen molar-refractivity contribution in [3.05, 3.63) is 47.2 Å². The molecule has 1 heterocycles. The van der Waals surface area contributed by atoms with Gasteiger partial charge in [0.05, 0.1) is 6.54 Å². The number of amides is 2. The van der Waals surface area contributed by atoms with E-state index in [4.69, 9.17) is 4.52 Å². The van der Waals surface area contributed by atoms with E-state index in [0.29, 0.717) is 17.1 Å². The van der Waals surface area contributed by atoms with Crippen LogP contribution in [0.2, 0.25) is 0 Å². The summed E-state index contributed by atoms with van der Waals surface area (Å²) in [7, 11) is 0. The summed E-state index contributed by atoms with van der Waals surface area (Å²) in [6.07, 6.45) is 0.127. The number of benzene rings is 1. The van der Waals surface area contributed by atoms with Gasteiger partial charge in [-0.2, -0.15) is 0 Å². The number of hydrogen-bond acceptors (Lipinski definition) is 5. The summed E-state index contributed by atoms with van der Waals surface area (Å²) in [6.45, 7) is 3.45. The number of Topliss-reactive ketones (excluding diaryl/α,β-unsaturated/α-hetero) is 1. The number of anilines is 1. The topological polar surface area (TPSA) is 101 Å². The molecule has 2 rings (SSSR count). The van der Waals surface area contributed by atoms with Gasteiger partial charge in [0.15, 0.2) is 11.6 Å². The lowest BCUT2D eigenvalue weighted by Gasteiger charge is -2.05. The molecule has 126 valence electrons. The van der Waals surface area contributed by atoms with Gasteiger partial charge in [-0.1, -0.05) is 35.0 Å². The number of nitrogens with one attached hydrogen (secondary N) is 2. The average Bonchev–Trinajstić information content (AvgIpc) is 2.96. The Kier molecular flexibility index (Phi) is 5.83. The van der Waals surface area contributed by atoms with Crippen molar-refractivity contribution in [3.8, 4) is 0 Å². The Hall–Kier alpha value is -2.96. The van der Waals surface area contributed by atoms with Crippen molar-refractivity contribution in [1.82, 2.24) is 10.5 Å². The minimum absolute atomic E-state index is 0.0308. The number of aromatic nitrogens is 1. The van der Waals surface area contributed by atoms with E-state index >= 15 is 0 Å². The first-order valence-electron chi connectivity index (χ1n) is 7.54. The fraction of sp³-hybridized carbons (Fsp3) is 0.294. The zero-order chi connectivity index (χ0) is 17.5. The van der Waals surface area contributed by atoms with Gasteiger partial charge in [0, 0.05) is 24.5 Å². The van der Waals surface area contributed by atoms with Gasteiger partial charge in [0.25, 0.3) is 0 Å². The monoisotopic (exact) mass is 329 g/mol.